The lowest BCUT2D eigenvalue weighted by atomic mass is 9.94. The van der Waals surface area contributed by atoms with Crippen molar-refractivity contribution in [2.24, 2.45) is 0 Å². The highest BCUT2D eigenvalue weighted by molar-refractivity contribution is 6.42. The summed E-state index contributed by atoms with van der Waals surface area (Å²) in [5, 5.41) is 3.44. The number of halogens is 3. The zero-order valence-electron chi connectivity index (χ0n) is 21.2. The van der Waals surface area contributed by atoms with Crippen LogP contribution in [0, 0.1) is 5.82 Å². The summed E-state index contributed by atoms with van der Waals surface area (Å²) in [6.07, 6.45) is 0. The van der Waals surface area contributed by atoms with Gasteiger partial charge in [-0.15, -0.1) is 0 Å². The Morgan fingerprint density at radius 3 is 2.45 bits per heavy atom. The van der Waals surface area contributed by atoms with Gasteiger partial charge in [0.2, 0.25) is 0 Å². The Labute approximate surface area is 230 Å². The summed E-state index contributed by atoms with van der Waals surface area (Å²) >= 11 is 12.7. The zero-order chi connectivity index (χ0) is 27.4. The highest BCUT2D eigenvalue weighted by Gasteiger charge is 2.39. The molecule has 1 saturated heterocycles. The standard InChI is InChI=1S/C27H29Cl2FN4O4/c1-3-34-21(16-32-11-13-33(14-12-32)25(35)17-7-5-8-18(30)15-17)22(26(36)38-4-2)24(31-27(34)37)19-9-6-10-20(28)23(19)29/h5-10,15,24H,3-4,11-14,16H2,1-2H3,(H,31,37). The van der Waals surface area contributed by atoms with Crippen LogP contribution in [-0.2, 0) is 9.53 Å². The molecule has 11 heteroatoms. The maximum Gasteiger partial charge on any atom is 0.338 e. The van der Waals surface area contributed by atoms with Gasteiger partial charge in [0, 0.05) is 50.5 Å². The van der Waals surface area contributed by atoms with Crippen LogP contribution in [0.15, 0.2) is 53.7 Å². The van der Waals surface area contributed by atoms with E-state index in [2.05, 4.69) is 10.2 Å². The summed E-state index contributed by atoms with van der Waals surface area (Å²) in [5.74, 6) is -1.25. The number of piperazine rings is 1. The number of nitrogens with one attached hydrogen (secondary N) is 1. The van der Waals surface area contributed by atoms with Crippen molar-refractivity contribution in [2.75, 3.05) is 45.9 Å². The topological polar surface area (TPSA) is 82.2 Å². The lowest BCUT2D eigenvalue weighted by molar-refractivity contribution is -0.139. The third-order valence-electron chi connectivity index (χ3n) is 6.65. The third kappa shape index (κ3) is 5.80. The molecule has 0 bridgehead atoms. The molecule has 1 unspecified atom stereocenters. The lowest BCUT2D eigenvalue weighted by Crippen LogP contribution is -2.53. The second kappa shape index (κ2) is 12.1. The van der Waals surface area contributed by atoms with E-state index in [0.29, 0.717) is 54.6 Å². The van der Waals surface area contributed by atoms with Gasteiger partial charge in [-0.05, 0) is 43.7 Å². The molecule has 0 aliphatic carbocycles. The smallest absolute Gasteiger partial charge is 0.338 e. The molecule has 1 fully saturated rings. The van der Waals surface area contributed by atoms with Crippen molar-refractivity contribution in [3.05, 3.63) is 80.7 Å². The minimum Gasteiger partial charge on any atom is -0.463 e. The average Bonchev–Trinajstić information content (AvgIpc) is 2.90. The molecule has 3 amide bonds. The molecule has 2 aromatic carbocycles. The van der Waals surface area contributed by atoms with Crippen LogP contribution in [0.3, 0.4) is 0 Å². The predicted molar refractivity (Wildman–Crippen MR) is 143 cm³/mol. The minimum atomic E-state index is -0.846. The van der Waals surface area contributed by atoms with E-state index in [9.17, 15) is 18.8 Å². The summed E-state index contributed by atoms with van der Waals surface area (Å²) in [4.78, 5) is 44.6. The molecule has 202 valence electrons. The van der Waals surface area contributed by atoms with E-state index in [-0.39, 0.29) is 35.7 Å². The molecule has 1 atom stereocenters. The average molecular weight is 563 g/mol. The van der Waals surface area contributed by atoms with Gasteiger partial charge < -0.3 is 15.0 Å². The van der Waals surface area contributed by atoms with Gasteiger partial charge in [0.1, 0.15) is 5.82 Å². The van der Waals surface area contributed by atoms with Crippen LogP contribution in [0.5, 0.6) is 0 Å². The van der Waals surface area contributed by atoms with Gasteiger partial charge in [-0.3, -0.25) is 14.6 Å². The largest absolute Gasteiger partial charge is 0.463 e. The van der Waals surface area contributed by atoms with E-state index in [1.165, 1.54) is 23.1 Å². The number of esters is 1. The Hall–Kier alpha value is -3.14. The van der Waals surface area contributed by atoms with Crippen molar-refractivity contribution < 1.29 is 23.5 Å². The zero-order valence-corrected chi connectivity index (χ0v) is 22.7. The molecule has 8 nitrogen and oxygen atoms in total. The van der Waals surface area contributed by atoms with Gasteiger partial charge in [0.25, 0.3) is 5.91 Å². The van der Waals surface area contributed by atoms with E-state index in [4.69, 9.17) is 27.9 Å². The SMILES string of the molecule is CCOC(=O)C1=C(CN2CCN(C(=O)c3cccc(F)c3)CC2)N(CC)C(=O)NC1c1cccc(Cl)c1Cl. The van der Waals surface area contributed by atoms with Crippen LogP contribution in [0.2, 0.25) is 10.0 Å². The first-order valence-electron chi connectivity index (χ1n) is 12.4. The number of benzene rings is 2. The van der Waals surface area contributed by atoms with E-state index in [1.54, 1.807) is 36.1 Å². The van der Waals surface area contributed by atoms with Crippen LogP contribution in [0.25, 0.3) is 0 Å². The number of ether oxygens (including phenoxy) is 1. The number of amides is 3. The summed E-state index contributed by atoms with van der Waals surface area (Å²) in [5.41, 5.74) is 1.60. The van der Waals surface area contributed by atoms with Gasteiger partial charge in [0.15, 0.2) is 0 Å². The highest BCUT2D eigenvalue weighted by atomic mass is 35.5. The molecule has 1 N–H and O–H groups in total. The second-order valence-electron chi connectivity index (χ2n) is 8.93. The fraction of sp³-hybridized carbons (Fsp3) is 0.370. The first-order valence-corrected chi connectivity index (χ1v) is 13.2. The Morgan fingerprint density at radius 1 is 1.08 bits per heavy atom. The van der Waals surface area contributed by atoms with E-state index in [1.807, 2.05) is 6.92 Å². The third-order valence-corrected chi connectivity index (χ3v) is 7.48. The predicted octanol–water partition coefficient (Wildman–Crippen LogP) is 4.49. The number of hydrogen-bond donors (Lipinski definition) is 1. The molecule has 2 aliphatic heterocycles. The number of carbonyl (C=O) groups is 3. The fourth-order valence-corrected chi connectivity index (χ4v) is 5.18. The molecule has 2 aliphatic rings. The molecule has 4 rings (SSSR count). The van der Waals surface area contributed by atoms with Crippen molar-refractivity contribution in [3.8, 4) is 0 Å². The van der Waals surface area contributed by atoms with Crippen molar-refractivity contribution in [3.63, 3.8) is 0 Å². The number of urea groups is 1. The summed E-state index contributed by atoms with van der Waals surface area (Å²) in [6, 6.07) is 9.48. The second-order valence-corrected chi connectivity index (χ2v) is 9.71. The monoisotopic (exact) mass is 562 g/mol. The fourth-order valence-electron chi connectivity index (χ4n) is 4.76. The Kier molecular flexibility index (Phi) is 8.91. The summed E-state index contributed by atoms with van der Waals surface area (Å²) in [6.45, 7) is 6.15. The Balaban J connectivity index is 1.62. The van der Waals surface area contributed by atoms with Gasteiger partial charge in [-0.1, -0.05) is 41.4 Å². The van der Waals surface area contributed by atoms with Crippen molar-refractivity contribution >= 4 is 41.1 Å². The van der Waals surface area contributed by atoms with Crippen molar-refractivity contribution in [1.29, 1.82) is 0 Å². The Bertz CT molecular complexity index is 1260. The van der Waals surface area contributed by atoms with Gasteiger partial charge in [0.05, 0.1) is 28.3 Å². The normalized spacial score (nSPS) is 18.4. The lowest BCUT2D eigenvalue weighted by Gasteiger charge is -2.40. The number of hydrogen-bond acceptors (Lipinski definition) is 5. The first kappa shape index (κ1) is 27.9. The minimum absolute atomic E-state index is 0.159. The van der Waals surface area contributed by atoms with Crippen LogP contribution < -0.4 is 5.32 Å². The highest BCUT2D eigenvalue weighted by Crippen LogP contribution is 2.38. The Morgan fingerprint density at radius 2 is 1.79 bits per heavy atom. The molecule has 0 spiro atoms. The van der Waals surface area contributed by atoms with Gasteiger partial charge in [-0.25, -0.2) is 14.0 Å². The van der Waals surface area contributed by atoms with E-state index < -0.39 is 17.8 Å². The maximum absolute atomic E-state index is 13.6. The summed E-state index contributed by atoms with van der Waals surface area (Å²) < 4.78 is 19.0. The molecule has 38 heavy (non-hydrogen) atoms. The molecule has 2 aromatic rings. The van der Waals surface area contributed by atoms with Crippen molar-refractivity contribution in [2.45, 2.75) is 19.9 Å². The summed E-state index contributed by atoms with van der Waals surface area (Å²) in [7, 11) is 0. The van der Waals surface area contributed by atoms with Crippen LogP contribution in [0.4, 0.5) is 9.18 Å². The van der Waals surface area contributed by atoms with E-state index >= 15 is 0 Å². The number of nitrogens with zero attached hydrogens (tertiary/aromatic N) is 3. The van der Waals surface area contributed by atoms with Crippen LogP contribution >= 0.6 is 23.2 Å². The van der Waals surface area contributed by atoms with Gasteiger partial charge in [-0.2, -0.15) is 0 Å². The number of carbonyl (C=O) groups excluding carboxylic acids is 3. The van der Waals surface area contributed by atoms with E-state index in [0.717, 1.165) is 0 Å². The number of rotatable bonds is 7. The van der Waals surface area contributed by atoms with Crippen molar-refractivity contribution in [1.82, 2.24) is 20.0 Å². The first-order chi connectivity index (χ1) is 18.2. The van der Waals surface area contributed by atoms with Gasteiger partial charge >= 0.3 is 12.0 Å². The molecule has 0 radical (unpaired) electrons. The van der Waals surface area contributed by atoms with Crippen LogP contribution in [-0.4, -0.2) is 78.5 Å². The van der Waals surface area contributed by atoms with Crippen LogP contribution in [0.1, 0.15) is 35.8 Å². The quantitative estimate of drug-likeness (QED) is 0.502. The number of likely N-dealkylation sites (N-methyl/N-ethyl adjacent to an activating group) is 1. The molecule has 2 heterocycles. The maximum atomic E-state index is 13.6. The molecular weight excluding hydrogens is 534 g/mol. The molecule has 0 aromatic heterocycles. The molecule has 0 saturated carbocycles. The molecular formula is C27H29Cl2FN4O4.